The molecule has 1 aliphatic carbocycles. The molecule has 0 spiro atoms. The minimum Gasteiger partial charge on any atom is -0.454 e. The summed E-state index contributed by atoms with van der Waals surface area (Å²) >= 11 is 0. The second-order valence-corrected chi connectivity index (χ2v) is 8.84. The van der Waals surface area contributed by atoms with Gasteiger partial charge < -0.3 is 9.84 Å². The van der Waals surface area contributed by atoms with Crippen molar-refractivity contribution in [1.82, 2.24) is 0 Å². The summed E-state index contributed by atoms with van der Waals surface area (Å²) in [5, 5.41) is 19.8. The second-order valence-electron chi connectivity index (χ2n) is 6.86. The van der Waals surface area contributed by atoms with Crippen LogP contribution in [-0.2, 0) is 25.8 Å². The Bertz CT molecular complexity index is 1140. The predicted octanol–water partition coefficient (Wildman–Crippen LogP) is 2.68. The SMILES string of the molecule is CC(=O)O[C@H]1c2c(S(C)(=O)=O)ccc([C@H](O)c3cc(F)cc(C#N)c3)c2C[C@H]1F. The lowest BCUT2D eigenvalue weighted by Gasteiger charge is -2.20. The predicted molar refractivity (Wildman–Crippen MR) is 97.8 cm³/mol. The van der Waals surface area contributed by atoms with Crippen molar-refractivity contribution in [3.63, 3.8) is 0 Å². The standard InChI is InChI=1S/C20H17F2NO5S/c1-10(24)28-20-16(22)8-15-14(3-4-17(18(15)20)29(2,26)27)19(25)12-5-11(9-23)6-13(21)7-12/h3-7,16,19-20,25H,8H2,1-2H3/t16-,19-,20-/m1/s1. The van der Waals surface area contributed by atoms with Gasteiger partial charge in [0.05, 0.1) is 16.5 Å². The summed E-state index contributed by atoms with van der Waals surface area (Å²) in [7, 11) is -3.79. The number of hydrogen-bond acceptors (Lipinski definition) is 6. The normalized spacial score (nSPS) is 19.3. The van der Waals surface area contributed by atoms with E-state index in [0.29, 0.717) is 0 Å². The summed E-state index contributed by atoms with van der Waals surface area (Å²) in [5.74, 6) is -1.51. The molecule has 1 aliphatic rings. The number of rotatable bonds is 4. The Hall–Kier alpha value is -2.83. The maximum Gasteiger partial charge on any atom is 0.303 e. The van der Waals surface area contributed by atoms with Gasteiger partial charge in [0, 0.05) is 25.2 Å². The minimum atomic E-state index is -3.79. The van der Waals surface area contributed by atoms with Crippen molar-refractivity contribution < 1.29 is 31.8 Å². The molecule has 0 saturated heterocycles. The lowest BCUT2D eigenvalue weighted by Crippen LogP contribution is -2.17. The van der Waals surface area contributed by atoms with Crippen LogP contribution in [-0.4, -0.2) is 31.9 Å². The van der Waals surface area contributed by atoms with E-state index in [2.05, 4.69) is 0 Å². The highest BCUT2D eigenvalue weighted by atomic mass is 32.2. The van der Waals surface area contributed by atoms with E-state index in [9.17, 15) is 27.1 Å². The average molecular weight is 421 g/mol. The highest BCUT2D eigenvalue weighted by Gasteiger charge is 2.41. The fourth-order valence-electron chi connectivity index (χ4n) is 3.59. The van der Waals surface area contributed by atoms with E-state index in [4.69, 9.17) is 10.00 Å². The molecule has 3 rings (SSSR count). The minimum absolute atomic E-state index is 0.00962. The lowest BCUT2D eigenvalue weighted by molar-refractivity contribution is -0.149. The van der Waals surface area contributed by atoms with E-state index in [1.54, 1.807) is 6.07 Å². The molecule has 3 atom stereocenters. The Labute approximate surface area is 166 Å². The number of benzene rings is 2. The zero-order chi connectivity index (χ0) is 21.5. The van der Waals surface area contributed by atoms with Crippen molar-refractivity contribution >= 4 is 15.8 Å². The van der Waals surface area contributed by atoms with Gasteiger partial charge in [-0.15, -0.1) is 0 Å². The van der Waals surface area contributed by atoms with Gasteiger partial charge in [-0.1, -0.05) is 6.07 Å². The zero-order valence-corrected chi connectivity index (χ0v) is 16.3. The van der Waals surface area contributed by atoms with Crippen LogP contribution in [0.1, 0.15) is 46.9 Å². The van der Waals surface area contributed by atoms with E-state index in [-0.39, 0.29) is 39.1 Å². The van der Waals surface area contributed by atoms with E-state index >= 15 is 0 Å². The van der Waals surface area contributed by atoms with Crippen LogP contribution in [0.4, 0.5) is 8.78 Å². The fraction of sp³-hybridized carbons (Fsp3) is 0.300. The van der Waals surface area contributed by atoms with Gasteiger partial charge in [0.2, 0.25) is 0 Å². The summed E-state index contributed by atoms with van der Waals surface area (Å²) < 4.78 is 57.9. The van der Waals surface area contributed by atoms with Crippen LogP contribution in [0.5, 0.6) is 0 Å². The van der Waals surface area contributed by atoms with Crippen LogP contribution < -0.4 is 0 Å². The molecule has 0 heterocycles. The van der Waals surface area contributed by atoms with Crippen LogP contribution in [0.2, 0.25) is 0 Å². The van der Waals surface area contributed by atoms with Gasteiger partial charge in [0.15, 0.2) is 15.9 Å². The topological polar surface area (TPSA) is 104 Å². The van der Waals surface area contributed by atoms with E-state index < -0.39 is 40.0 Å². The number of ether oxygens (including phenoxy) is 1. The molecular formula is C20H17F2NO5S. The van der Waals surface area contributed by atoms with Gasteiger partial charge in [-0.05, 0) is 41.0 Å². The highest BCUT2D eigenvalue weighted by molar-refractivity contribution is 7.90. The number of fused-ring (bicyclic) bond motifs is 1. The third kappa shape index (κ3) is 3.99. The number of halogens is 2. The first kappa shape index (κ1) is 20.9. The van der Waals surface area contributed by atoms with E-state index in [1.165, 1.54) is 18.2 Å². The van der Waals surface area contributed by atoms with Gasteiger partial charge in [-0.25, -0.2) is 17.2 Å². The summed E-state index contributed by atoms with van der Waals surface area (Å²) in [5.41, 5.74) is 0.358. The summed E-state index contributed by atoms with van der Waals surface area (Å²) in [6.45, 7) is 1.08. The average Bonchev–Trinajstić information content (AvgIpc) is 2.94. The van der Waals surface area contributed by atoms with Crippen molar-refractivity contribution in [2.24, 2.45) is 0 Å². The van der Waals surface area contributed by atoms with Gasteiger partial charge in [0.1, 0.15) is 18.1 Å². The highest BCUT2D eigenvalue weighted by Crippen LogP contribution is 2.44. The van der Waals surface area contributed by atoms with Crippen LogP contribution >= 0.6 is 0 Å². The Morgan fingerprint density at radius 3 is 2.62 bits per heavy atom. The van der Waals surface area contributed by atoms with E-state index in [1.807, 2.05) is 0 Å². The van der Waals surface area contributed by atoms with Gasteiger partial charge in [-0.2, -0.15) is 5.26 Å². The van der Waals surface area contributed by atoms with Crippen molar-refractivity contribution in [3.8, 4) is 6.07 Å². The number of carbonyl (C=O) groups excluding carboxylic acids is 1. The molecule has 29 heavy (non-hydrogen) atoms. The third-order valence-electron chi connectivity index (χ3n) is 4.72. The van der Waals surface area contributed by atoms with Crippen LogP contribution in [0.3, 0.4) is 0 Å². The molecule has 0 fully saturated rings. The number of nitriles is 1. The fourth-order valence-corrected chi connectivity index (χ4v) is 4.54. The molecule has 0 bridgehead atoms. The Balaban J connectivity index is 2.21. The van der Waals surface area contributed by atoms with Crippen molar-refractivity contribution in [1.29, 1.82) is 5.26 Å². The molecule has 2 aromatic rings. The lowest BCUT2D eigenvalue weighted by atomic mass is 9.93. The molecule has 9 heteroatoms. The molecule has 0 radical (unpaired) electrons. The Morgan fingerprint density at radius 1 is 1.34 bits per heavy atom. The number of nitrogens with zero attached hydrogens (tertiary/aromatic N) is 1. The second kappa shape index (κ2) is 7.54. The van der Waals surface area contributed by atoms with Crippen molar-refractivity contribution in [2.75, 3.05) is 6.26 Å². The molecule has 2 aromatic carbocycles. The number of carbonyl (C=O) groups is 1. The number of alkyl halides is 1. The number of hydrogen-bond donors (Lipinski definition) is 1. The molecule has 0 unspecified atom stereocenters. The monoisotopic (exact) mass is 421 g/mol. The van der Waals surface area contributed by atoms with Crippen molar-refractivity contribution in [2.45, 2.75) is 36.6 Å². The van der Waals surface area contributed by atoms with Gasteiger partial charge in [-0.3, -0.25) is 4.79 Å². The number of esters is 1. The maximum absolute atomic E-state index is 14.7. The Morgan fingerprint density at radius 2 is 2.03 bits per heavy atom. The van der Waals surface area contributed by atoms with Crippen LogP contribution in [0, 0.1) is 17.1 Å². The summed E-state index contributed by atoms with van der Waals surface area (Å²) in [6.07, 6.45) is -3.92. The summed E-state index contributed by atoms with van der Waals surface area (Å²) in [6, 6.07) is 7.63. The van der Waals surface area contributed by atoms with Gasteiger partial charge in [0.25, 0.3) is 0 Å². The third-order valence-corrected chi connectivity index (χ3v) is 5.87. The number of aliphatic hydroxyl groups is 1. The van der Waals surface area contributed by atoms with E-state index in [0.717, 1.165) is 25.3 Å². The smallest absolute Gasteiger partial charge is 0.303 e. The molecule has 0 aromatic heterocycles. The maximum atomic E-state index is 14.7. The first-order valence-electron chi connectivity index (χ1n) is 8.58. The quantitative estimate of drug-likeness (QED) is 0.761. The molecule has 0 aliphatic heterocycles. The molecular weight excluding hydrogens is 404 g/mol. The molecule has 0 amide bonds. The molecule has 0 saturated carbocycles. The molecule has 1 N–H and O–H groups in total. The van der Waals surface area contributed by atoms with Crippen molar-refractivity contribution in [3.05, 3.63) is 64.0 Å². The first-order valence-corrected chi connectivity index (χ1v) is 10.5. The van der Waals surface area contributed by atoms with Gasteiger partial charge >= 0.3 is 5.97 Å². The molecule has 152 valence electrons. The zero-order valence-electron chi connectivity index (χ0n) is 15.5. The number of aliphatic hydroxyl groups excluding tert-OH is 1. The molecule has 6 nitrogen and oxygen atoms in total. The largest absolute Gasteiger partial charge is 0.454 e. The Kier molecular flexibility index (Phi) is 5.43. The first-order chi connectivity index (χ1) is 13.5. The van der Waals surface area contributed by atoms with Crippen LogP contribution in [0.15, 0.2) is 35.2 Å². The van der Waals surface area contributed by atoms with Crippen LogP contribution in [0.25, 0.3) is 0 Å². The summed E-state index contributed by atoms with van der Waals surface area (Å²) in [4.78, 5) is 11.2. The number of sulfone groups is 1.